The summed E-state index contributed by atoms with van der Waals surface area (Å²) in [6.07, 6.45) is 1.77. The Morgan fingerprint density at radius 2 is 2.28 bits per heavy atom. The highest BCUT2D eigenvalue weighted by Gasteiger charge is 2.09. The van der Waals surface area contributed by atoms with Crippen LogP contribution in [0.4, 0.5) is 5.82 Å². The van der Waals surface area contributed by atoms with E-state index in [4.69, 9.17) is 0 Å². The zero-order valence-electron chi connectivity index (χ0n) is 10.3. The Hall–Kier alpha value is -1.88. The first-order valence-corrected chi connectivity index (χ1v) is 6.78. The minimum absolute atomic E-state index is 0.255. The van der Waals surface area contributed by atoms with Crippen LogP contribution in [0.25, 0.3) is 5.65 Å². The molecule has 92 valence electrons. The predicted octanol–water partition coefficient (Wildman–Crippen LogP) is 3.27. The highest BCUT2D eigenvalue weighted by molar-refractivity contribution is 7.07. The second-order valence-corrected chi connectivity index (χ2v) is 5.09. The van der Waals surface area contributed by atoms with Crippen LogP contribution in [0.5, 0.6) is 0 Å². The fourth-order valence-corrected chi connectivity index (χ4v) is 2.72. The van der Waals surface area contributed by atoms with Gasteiger partial charge in [-0.05, 0) is 36.2 Å². The number of hydrogen-bond donors (Lipinski definition) is 1. The van der Waals surface area contributed by atoms with Crippen molar-refractivity contribution in [3.05, 3.63) is 46.4 Å². The molecule has 0 spiro atoms. The van der Waals surface area contributed by atoms with E-state index in [1.54, 1.807) is 17.5 Å². The maximum atomic E-state index is 4.43. The summed E-state index contributed by atoms with van der Waals surface area (Å²) in [7, 11) is 0. The molecule has 3 aromatic heterocycles. The number of hydrogen-bond acceptors (Lipinski definition) is 4. The zero-order valence-corrected chi connectivity index (χ0v) is 11.1. The fourth-order valence-electron chi connectivity index (χ4n) is 1.97. The first kappa shape index (κ1) is 11.2. The summed E-state index contributed by atoms with van der Waals surface area (Å²) in [5.74, 6) is 0.973. The van der Waals surface area contributed by atoms with Gasteiger partial charge in [-0.2, -0.15) is 21.0 Å². The van der Waals surface area contributed by atoms with Crippen molar-refractivity contribution in [3.8, 4) is 0 Å². The van der Waals surface area contributed by atoms with E-state index in [-0.39, 0.29) is 6.04 Å². The molecule has 3 rings (SSSR count). The van der Waals surface area contributed by atoms with Crippen molar-refractivity contribution in [2.45, 2.75) is 19.9 Å². The molecule has 0 saturated carbocycles. The van der Waals surface area contributed by atoms with Gasteiger partial charge >= 0.3 is 0 Å². The molecule has 3 heterocycles. The van der Waals surface area contributed by atoms with Gasteiger partial charge in [-0.25, -0.2) is 4.98 Å². The van der Waals surface area contributed by atoms with Gasteiger partial charge in [-0.1, -0.05) is 0 Å². The number of nitrogens with zero attached hydrogens (tertiary/aromatic N) is 3. The lowest BCUT2D eigenvalue weighted by Crippen LogP contribution is -2.10. The van der Waals surface area contributed by atoms with Gasteiger partial charge in [-0.15, -0.1) is 0 Å². The number of anilines is 1. The maximum Gasteiger partial charge on any atom is 0.157 e. The number of fused-ring (bicyclic) bond motifs is 1. The van der Waals surface area contributed by atoms with Gasteiger partial charge in [0.2, 0.25) is 0 Å². The van der Waals surface area contributed by atoms with Crippen LogP contribution in [-0.2, 0) is 0 Å². The van der Waals surface area contributed by atoms with Crippen LogP contribution in [0.1, 0.15) is 24.2 Å². The van der Waals surface area contributed by atoms with E-state index in [0.717, 1.165) is 17.2 Å². The molecule has 0 aliphatic heterocycles. The van der Waals surface area contributed by atoms with Gasteiger partial charge in [0, 0.05) is 17.8 Å². The standard InChI is InChI=1S/C13H14N4S/c1-9-7-13(17-12(15-9)3-5-14-17)16-10(2)11-4-6-18-8-11/h3-8,10,16H,1-2H3. The highest BCUT2D eigenvalue weighted by Crippen LogP contribution is 2.21. The van der Waals surface area contributed by atoms with Gasteiger partial charge in [0.05, 0.1) is 12.2 Å². The Morgan fingerprint density at radius 1 is 1.39 bits per heavy atom. The first-order chi connectivity index (χ1) is 8.74. The topological polar surface area (TPSA) is 42.2 Å². The van der Waals surface area contributed by atoms with Crippen LogP contribution in [0, 0.1) is 6.92 Å². The Labute approximate surface area is 109 Å². The van der Waals surface area contributed by atoms with E-state index in [9.17, 15) is 0 Å². The van der Waals surface area contributed by atoms with E-state index in [1.807, 2.05) is 23.6 Å². The third-order valence-electron chi connectivity index (χ3n) is 2.90. The Balaban J connectivity index is 1.97. The summed E-state index contributed by atoms with van der Waals surface area (Å²) >= 11 is 1.71. The van der Waals surface area contributed by atoms with Crippen LogP contribution in [0.2, 0.25) is 0 Å². The fraction of sp³-hybridized carbons (Fsp3) is 0.231. The van der Waals surface area contributed by atoms with Gasteiger partial charge in [0.25, 0.3) is 0 Å². The van der Waals surface area contributed by atoms with Crippen LogP contribution in [0.15, 0.2) is 35.2 Å². The van der Waals surface area contributed by atoms with Crippen molar-refractivity contribution in [3.63, 3.8) is 0 Å². The second kappa shape index (κ2) is 4.42. The molecule has 18 heavy (non-hydrogen) atoms. The van der Waals surface area contributed by atoms with Gasteiger partial charge in [0.1, 0.15) is 5.82 Å². The van der Waals surface area contributed by atoms with E-state index in [0.29, 0.717) is 0 Å². The van der Waals surface area contributed by atoms with Gasteiger partial charge in [0.15, 0.2) is 5.65 Å². The van der Waals surface area contributed by atoms with Crippen molar-refractivity contribution in [1.82, 2.24) is 14.6 Å². The summed E-state index contributed by atoms with van der Waals surface area (Å²) < 4.78 is 1.83. The summed E-state index contributed by atoms with van der Waals surface area (Å²) in [6, 6.07) is 6.32. The molecule has 0 fully saturated rings. The third-order valence-corrected chi connectivity index (χ3v) is 3.60. The van der Waals surface area contributed by atoms with Crippen LogP contribution >= 0.6 is 11.3 Å². The molecule has 0 radical (unpaired) electrons. The molecular formula is C13H14N4S. The summed E-state index contributed by atoms with van der Waals surface area (Å²) in [6.45, 7) is 4.14. The molecule has 4 nitrogen and oxygen atoms in total. The Morgan fingerprint density at radius 3 is 3.06 bits per heavy atom. The van der Waals surface area contributed by atoms with Gasteiger partial charge < -0.3 is 5.32 Å². The number of thiophene rings is 1. The summed E-state index contributed by atoms with van der Waals surface area (Å²) in [4.78, 5) is 4.43. The number of aryl methyl sites for hydroxylation is 1. The maximum absolute atomic E-state index is 4.43. The Kier molecular flexibility index (Phi) is 2.76. The SMILES string of the molecule is Cc1cc(NC(C)c2ccsc2)n2nccc2n1. The van der Waals surface area contributed by atoms with Crippen molar-refractivity contribution in [2.24, 2.45) is 0 Å². The number of aromatic nitrogens is 3. The average molecular weight is 258 g/mol. The van der Waals surface area contributed by atoms with Crippen molar-refractivity contribution < 1.29 is 0 Å². The van der Waals surface area contributed by atoms with Crippen molar-refractivity contribution in [1.29, 1.82) is 0 Å². The molecule has 1 atom stereocenters. The molecule has 5 heteroatoms. The summed E-state index contributed by atoms with van der Waals surface area (Å²) in [5.41, 5.74) is 3.15. The molecular weight excluding hydrogens is 244 g/mol. The molecule has 3 aromatic rings. The molecule has 1 unspecified atom stereocenters. The van der Waals surface area contributed by atoms with E-state index < -0.39 is 0 Å². The smallest absolute Gasteiger partial charge is 0.157 e. The molecule has 0 aromatic carbocycles. The molecule has 0 saturated heterocycles. The second-order valence-electron chi connectivity index (χ2n) is 4.31. The zero-order chi connectivity index (χ0) is 12.5. The predicted molar refractivity (Wildman–Crippen MR) is 74.1 cm³/mol. The monoisotopic (exact) mass is 258 g/mol. The number of rotatable bonds is 3. The molecule has 0 bridgehead atoms. The molecule has 0 aliphatic carbocycles. The largest absolute Gasteiger partial charge is 0.363 e. The number of nitrogens with one attached hydrogen (secondary N) is 1. The minimum atomic E-state index is 0.255. The van der Waals surface area contributed by atoms with E-state index in [2.05, 4.69) is 39.1 Å². The Bertz CT molecular complexity index is 657. The van der Waals surface area contributed by atoms with Crippen LogP contribution in [0.3, 0.4) is 0 Å². The lowest BCUT2D eigenvalue weighted by Gasteiger charge is -2.15. The third kappa shape index (κ3) is 1.97. The first-order valence-electron chi connectivity index (χ1n) is 5.84. The summed E-state index contributed by atoms with van der Waals surface area (Å²) in [5, 5.41) is 12.0. The van der Waals surface area contributed by atoms with Crippen LogP contribution in [-0.4, -0.2) is 14.6 Å². The normalized spacial score (nSPS) is 12.8. The molecule has 0 aliphatic rings. The highest BCUT2D eigenvalue weighted by atomic mass is 32.1. The molecule has 0 amide bonds. The van der Waals surface area contributed by atoms with E-state index in [1.165, 1.54) is 5.56 Å². The minimum Gasteiger partial charge on any atom is -0.363 e. The van der Waals surface area contributed by atoms with Crippen molar-refractivity contribution in [2.75, 3.05) is 5.32 Å². The van der Waals surface area contributed by atoms with E-state index >= 15 is 0 Å². The van der Waals surface area contributed by atoms with Gasteiger partial charge in [-0.3, -0.25) is 0 Å². The van der Waals surface area contributed by atoms with Crippen molar-refractivity contribution >= 4 is 22.8 Å². The average Bonchev–Trinajstić information content (AvgIpc) is 2.98. The lowest BCUT2D eigenvalue weighted by molar-refractivity contribution is 0.841. The molecule has 1 N–H and O–H groups in total. The van der Waals surface area contributed by atoms with Crippen LogP contribution < -0.4 is 5.32 Å². The quantitative estimate of drug-likeness (QED) is 0.784. The lowest BCUT2D eigenvalue weighted by atomic mass is 10.2.